The number of benzene rings is 1. The summed E-state index contributed by atoms with van der Waals surface area (Å²) in [5, 5.41) is 11.4. The van der Waals surface area contributed by atoms with E-state index in [2.05, 4.69) is 5.32 Å². The van der Waals surface area contributed by atoms with Gasteiger partial charge in [-0.25, -0.2) is 8.78 Å². The molecule has 0 fully saturated rings. The lowest BCUT2D eigenvalue weighted by Crippen LogP contribution is -2.06. The number of rotatable bonds is 7. The maximum absolute atomic E-state index is 13.6. The first-order valence-corrected chi connectivity index (χ1v) is 5.96. The van der Waals surface area contributed by atoms with Crippen molar-refractivity contribution in [2.45, 2.75) is 32.6 Å². The van der Waals surface area contributed by atoms with Gasteiger partial charge in [-0.1, -0.05) is 18.9 Å². The molecule has 0 saturated carbocycles. The van der Waals surface area contributed by atoms with Crippen LogP contribution in [0.25, 0.3) is 0 Å². The van der Waals surface area contributed by atoms with E-state index in [0.29, 0.717) is 12.1 Å². The number of aryl methyl sites for hydroxylation is 1. The molecule has 0 aliphatic carbocycles. The van der Waals surface area contributed by atoms with Gasteiger partial charge in [0.25, 0.3) is 0 Å². The van der Waals surface area contributed by atoms with Gasteiger partial charge in [-0.05, 0) is 31.4 Å². The normalized spacial score (nSPS) is 10.6. The maximum atomic E-state index is 13.6. The van der Waals surface area contributed by atoms with Gasteiger partial charge in [-0.3, -0.25) is 0 Å². The molecule has 96 valence electrons. The van der Waals surface area contributed by atoms with Gasteiger partial charge in [0.05, 0.1) is 0 Å². The van der Waals surface area contributed by atoms with Crippen molar-refractivity contribution < 1.29 is 13.9 Å². The molecule has 0 heterocycles. The van der Waals surface area contributed by atoms with Gasteiger partial charge in [0.15, 0.2) is 5.82 Å². The Kier molecular flexibility index (Phi) is 5.91. The Morgan fingerprint density at radius 3 is 2.53 bits per heavy atom. The highest BCUT2D eigenvalue weighted by Crippen LogP contribution is 2.21. The van der Waals surface area contributed by atoms with Crippen LogP contribution in [0.4, 0.5) is 14.5 Å². The predicted molar refractivity (Wildman–Crippen MR) is 65.1 cm³/mol. The zero-order valence-electron chi connectivity index (χ0n) is 10.1. The van der Waals surface area contributed by atoms with E-state index in [1.165, 1.54) is 12.1 Å². The van der Waals surface area contributed by atoms with Crippen molar-refractivity contribution in [2.24, 2.45) is 0 Å². The molecule has 0 bridgehead atoms. The molecule has 1 rings (SSSR count). The first-order valence-electron chi connectivity index (χ1n) is 5.96. The molecule has 0 saturated heterocycles. The van der Waals surface area contributed by atoms with E-state index >= 15 is 0 Å². The zero-order valence-corrected chi connectivity index (χ0v) is 10.1. The monoisotopic (exact) mass is 243 g/mol. The molecule has 0 atom stereocenters. The number of nitrogens with one attached hydrogen (secondary N) is 1. The molecule has 2 N–H and O–H groups in total. The SMILES string of the molecule is Cc1ccc(F)c(NCCCCCCO)c1F. The molecule has 2 nitrogen and oxygen atoms in total. The summed E-state index contributed by atoms with van der Waals surface area (Å²) in [5.41, 5.74) is 0.404. The second kappa shape index (κ2) is 7.22. The van der Waals surface area contributed by atoms with Gasteiger partial charge in [0, 0.05) is 13.2 Å². The second-order valence-corrected chi connectivity index (χ2v) is 4.12. The molecular formula is C13H19F2NO. The Balaban J connectivity index is 2.39. The molecule has 1 aromatic rings. The van der Waals surface area contributed by atoms with E-state index in [0.717, 1.165) is 25.7 Å². The summed E-state index contributed by atoms with van der Waals surface area (Å²) in [6.07, 6.45) is 3.51. The summed E-state index contributed by atoms with van der Waals surface area (Å²) in [5.74, 6) is -1.07. The van der Waals surface area contributed by atoms with E-state index in [9.17, 15) is 8.78 Å². The summed E-state index contributed by atoms with van der Waals surface area (Å²) < 4.78 is 26.9. The third-order valence-corrected chi connectivity index (χ3v) is 2.67. The summed E-state index contributed by atoms with van der Waals surface area (Å²) in [6, 6.07) is 2.70. The van der Waals surface area contributed by atoms with Crippen molar-refractivity contribution in [3.63, 3.8) is 0 Å². The minimum Gasteiger partial charge on any atom is -0.396 e. The molecular weight excluding hydrogens is 224 g/mol. The maximum Gasteiger partial charge on any atom is 0.152 e. The van der Waals surface area contributed by atoms with Crippen LogP contribution < -0.4 is 5.32 Å². The van der Waals surface area contributed by atoms with Gasteiger partial charge < -0.3 is 10.4 Å². The van der Waals surface area contributed by atoms with Crippen LogP contribution in [0.5, 0.6) is 0 Å². The fourth-order valence-corrected chi connectivity index (χ4v) is 1.62. The summed E-state index contributed by atoms with van der Waals surface area (Å²) in [6.45, 7) is 2.36. The first-order chi connectivity index (χ1) is 8.16. The van der Waals surface area contributed by atoms with Crippen LogP contribution >= 0.6 is 0 Å². The van der Waals surface area contributed by atoms with E-state index in [1.54, 1.807) is 6.92 Å². The molecule has 0 amide bonds. The largest absolute Gasteiger partial charge is 0.396 e. The van der Waals surface area contributed by atoms with Crippen molar-refractivity contribution >= 4 is 5.69 Å². The lowest BCUT2D eigenvalue weighted by molar-refractivity contribution is 0.283. The average Bonchev–Trinajstić information content (AvgIpc) is 2.32. The number of aliphatic hydroxyl groups excluding tert-OH is 1. The smallest absolute Gasteiger partial charge is 0.152 e. The summed E-state index contributed by atoms with van der Waals surface area (Å²) >= 11 is 0. The highest BCUT2D eigenvalue weighted by Gasteiger charge is 2.10. The quantitative estimate of drug-likeness (QED) is 0.720. The van der Waals surface area contributed by atoms with Gasteiger partial charge in [-0.2, -0.15) is 0 Å². The van der Waals surface area contributed by atoms with Gasteiger partial charge in [-0.15, -0.1) is 0 Å². The minimum absolute atomic E-state index is 0.0350. The van der Waals surface area contributed by atoms with Crippen molar-refractivity contribution in [2.75, 3.05) is 18.5 Å². The number of hydrogen-bond donors (Lipinski definition) is 2. The number of unbranched alkanes of at least 4 members (excludes halogenated alkanes) is 3. The average molecular weight is 243 g/mol. The van der Waals surface area contributed by atoms with E-state index in [4.69, 9.17) is 5.11 Å². The zero-order chi connectivity index (χ0) is 12.7. The van der Waals surface area contributed by atoms with Crippen LogP contribution in [-0.4, -0.2) is 18.3 Å². The number of aliphatic hydroxyl groups is 1. The van der Waals surface area contributed by atoms with E-state index < -0.39 is 11.6 Å². The highest BCUT2D eigenvalue weighted by atomic mass is 19.1. The topological polar surface area (TPSA) is 32.3 Å². The Morgan fingerprint density at radius 2 is 1.82 bits per heavy atom. The Morgan fingerprint density at radius 1 is 1.12 bits per heavy atom. The Bertz CT molecular complexity index is 356. The lowest BCUT2D eigenvalue weighted by atomic mass is 10.1. The van der Waals surface area contributed by atoms with Crippen LogP contribution in [0, 0.1) is 18.6 Å². The minimum atomic E-state index is -0.552. The van der Waals surface area contributed by atoms with Gasteiger partial charge >= 0.3 is 0 Å². The third-order valence-electron chi connectivity index (χ3n) is 2.67. The van der Waals surface area contributed by atoms with Crippen LogP contribution in [0.1, 0.15) is 31.2 Å². The van der Waals surface area contributed by atoms with Crippen molar-refractivity contribution in [1.82, 2.24) is 0 Å². The Hall–Kier alpha value is -1.16. The third kappa shape index (κ3) is 4.30. The van der Waals surface area contributed by atoms with Crippen molar-refractivity contribution in [1.29, 1.82) is 0 Å². The van der Waals surface area contributed by atoms with E-state index in [1.807, 2.05) is 0 Å². The van der Waals surface area contributed by atoms with Gasteiger partial charge in [0.2, 0.25) is 0 Å². The number of halogens is 2. The molecule has 17 heavy (non-hydrogen) atoms. The second-order valence-electron chi connectivity index (χ2n) is 4.12. The molecule has 4 heteroatoms. The summed E-state index contributed by atoms with van der Waals surface area (Å²) in [4.78, 5) is 0. The highest BCUT2D eigenvalue weighted by molar-refractivity contribution is 5.48. The van der Waals surface area contributed by atoms with Crippen molar-refractivity contribution in [3.05, 3.63) is 29.3 Å². The van der Waals surface area contributed by atoms with Crippen LogP contribution in [-0.2, 0) is 0 Å². The van der Waals surface area contributed by atoms with Gasteiger partial charge in [0.1, 0.15) is 11.5 Å². The lowest BCUT2D eigenvalue weighted by Gasteiger charge is -2.10. The standard InChI is InChI=1S/C13H19F2NO/c1-10-6-7-11(14)13(12(10)15)16-8-4-2-3-5-9-17/h6-7,16-17H,2-5,8-9H2,1H3. The van der Waals surface area contributed by atoms with Crippen molar-refractivity contribution in [3.8, 4) is 0 Å². The van der Waals surface area contributed by atoms with Crippen LogP contribution in [0.3, 0.4) is 0 Å². The number of hydrogen-bond acceptors (Lipinski definition) is 2. The van der Waals surface area contributed by atoms with Crippen LogP contribution in [0.2, 0.25) is 0 Å². The molecule has 1 aromatic carbocycles. The van der Waals surface area contributed by atoms with E-state index in [-0.39, 0.29) is 12.3 Å². The molecule has 0 spiro atoms. The fraction of sp³-hybridized carbons (Fsp3) is 0.538. The Labute approximate surface area is 101 Å². The summed E-state index contributed by atoms with van der Waals surface area (Å²) in [7, 11) is 0. The first kappa shape index (κ1) is 13.9. The predicted octanol–water partition coefficient (Wildman–Crippen LogP) is 3.24. The molecule has 0 aliphatic rings. The molecule has 0 unspecified atom stereocenters. The molecule has 0 aromatic heterocycles. The molecule has 0 aliphatic heterocycles. The number of anilines is 1. The molecule has 0 radical (unpaired) electrons. The fourth-order valence-electron chi connectivity index (χ4n) is 1.62. The van der Waals surface area contributed by atoms with Crippen LogP contribution in [0.15, 0.2) is 12.1 Å².